The summed E-state index contributed by atoms with van der Waals surface area (Å²) in [6.45, 7) is -0.511. The van der Waals surface area contributed by atoms with Gasteiger partial charge in [0.15, 0.2) is 0 Å². The maximum Gasteiger partial charge on any atom is 0.419 e. The van der Waals surface area contributed by atoms with Gasteiger partial charge in [-0.25, -0.2) is 17.2 Å². The molecule has 1 saturated heterocycles. The number of hydrogen-bond donors (Lipinski definition) is 0. The third-order valence-electron chi connectivity index (χ3n) is 2.97. The molecule has 0 saturated carbocycles. The summed E-state index contributed by atoms with van der Waals surface area (Å²) in [5.74, 6) is -1.55. The molecule has 0 spiro atoms. The van der Waals surface area contributed by atoms with Crippen LogP contribution in [0.1, 0.15) is 12.0 Å². The van der Waals surface area contributed by atoms with Crippen LogP contribution >= 0.6 is 0 Å². The Morgan fingerprint density at radius 3 is 2.40 bits per heavy atom. The van der Waals surface area contributed by atoms with Gasteiger partial charge in [0.05, 0.1) is 10.5 Å². The zero-order valence-corrected chi connectivity index (χ0v) is 10.8. The molecule has 0 radical (unpaired) electrons. The lowest BCUT2D eigenvalue weighted by Gasteiger charge is -2.17. The van der Waals surface area contributed by atoms with E-state index in [0.717, 1.165) is 10.4 Å². The van der Waals surface area contributed by atoms with Crippen molar-refractivity contribution in [3.63, 3.8) is 0 Å². The summed E-state index contributed by atoms with van der Waals surface area (Å²) in [5, 5.41) is 0. The Labute approximate surface area is 112 Å². The summed E-state index contributed by atoms with van der Waals surface area (Å²) in [6, 6.07) is 1.42. The topological polar surface area (TPSA) is 37.4 Å². The van der Waals surface area contributed by atoms with Crippen molar-refractivity contribution in [2.75, 3.05) is 13.1 Å². The molecule has 0 amide bonds. The Kier molecular flexibility index (Phi) is 3.76. The molecule has 1 aromatic rings. The molecule has 0 unspecified atom stereocenters. The minimum Gasteiger partial charge on any atom is -0.246 e. The molecule has 3 nitrogen and oxygen atoms in total. The first-order valence-corrected chi connectivity index (χ1v) is 7.07. The van der Waals surface area contributed by atoms with E-state index in [4.69, 9.17) is 0 Å². The van der Waals surface area contributed by atoms with Crippen LogP contribution in [-0.4, -0.2) is 32.0 Å². The van der Waals surface area contributed by atoms with Crippen molar-refractivity contribution in [3.05, 3.63) is 29.6 Å². The van der Waals surface area contributed by atoms with Gasteiger partial charge in [0.25, 0.3) is 0 Å². The Bertz CT molecular complexity index is 614. The molecular weight excluding hydrogens is 305 g/mol. The van der Waals surface area contributed by atoms with Crippen molar-refractivity contribution >= 4 is 10.0 Å². The summed E-state index contributed by atoms with van der Waals surface area (Å²) in [7, 11) is -4.24. The van der Waals surface area contributed by atoms with Crippen LogP contribution in [0.5, 0.6) is 0 Å². The normalized spacial score (nSPS) is 21.4. The molecule has 112 valence electrons. The van der Waals surface area contributed by atoms with Crippen LogP contribution in [-0.2, 0) is 16.2 Å². The van der Waals surface area contributed by atoms with Crippen molar-refractivity contribution in [2.45, 2.75) is 23.7 Å². The van der Waals surface area contributed by atoms with E-state index < -0.39 is 45.2 Å². The molecule has 9 heteroatoms. The third-order valence-corrected chi connectivity index (χ3v) is 4.84. The lowest BCUT2D eigenvalue weighted by atomic mass is 10.2. The van der Waals surface area contributed by atoms with Gasteiger partial charge in [-0.3, -0.25) is 0 Å². The smallest absolute Gasteiger partial charge is 0.246 e. The predicted octanol–water partition coefficient (Wildman–Crippen LogP) is 2.58. The number of nitrogens with zero attached hydrogens (tertiary/aromatic N) is 1. The molecule has 0 aromatic heterocycles. The fraction of sp³-hybridized carbons (Fsp3) is 0.455. The van der Waals surface area contributed by atoms with Crippen molar-refractivity contribution in [1.29, 1.82) is 0 Å². The van der Waals surface area contributed by atoms with E-state index in [2.05, 4.69) is 0 Å². The van der Waals surface area contributed by atoms with Crippen molar-refractivity contribution in [3.8, 4) is 0 Å². The Balaban J connectivity index is 2.43. The second-order valence-electron chi connectivity index (χ2n) is 4.39. The SMILES string of the molecule is O=S(=O)(c1ccc(F)c(C(F)(F)F)c1)N1CC[C@@H](F)C1. The molecule has 0 N–H and O–H groups in total. The molecule has 1 aromatic carbocycles. The van der Waals surface area contributed by atoms with E-state index in [-0.39, 0.29) is 19.0 Å². The standard InChI is InChI=1S/C11H10F5NO2S/c12-7-3-4-17(6-7)20(18,19)8-1-2-10(13)9(5-8)11(14,15)16/h1-2,5,7H,3-4,6H2/t7-/m1/s1. The summed E-state index contributed by atoms with van der Waals surface area (Å²) >= 11 is 0. The summed E-state index contributed by atoms with van der Waals surface area (Å²) in [4.78, 5) is -0.694. The van der Waals surface area contributed by atoms with Gasteiger partial charge >= 0.3 is 6.18 Å². The van der Waals surface area contributed by atoms with Gasteiger partial charge in [-0.15, -0.1) is 0 Å². The first-order valence-electron chi connectivity index (χ1n) is 5.63. The molecule has 1 aliphatic rings. The highest BCUT2D eigenvalue weighted by Crippen LogP contribution is 2.33. The van der Waals surface area contributed by atoms with E-state index in [1.807, 2.05) is 0 Å². The fourth-order valence-corrected chi connectivity index (χ4v) is 3.45. The number of sulfonamides is 1. The Hall–Kier alpha value is -1.22. The average molecular weight is 315 g/mol. The van der Waals surface area contributed by atoms with Gasteiger partial charge in [0.2, 0.25) is 10.0 Å². The highest BCUT2D eigenvalue weighted by atomic mass is 32.2. The zero-order chi connectivity index (χ0) is 15.1. The lowest BCUT2D eigenvalue weighted by molar-refractivity contribution is -0.140. The van der Waals surface area contributed by atoms with Crippen LogP contribution in [0.2, 0.25) is 0 Å². The van der Waals surface area contributed by atoms with Gasteiger partial charge < -0.3 is 0 Å². The summed E-state index contributed by atoms with van der Waals surface area (Å²) in [5.41, 5.74) is -1.66. The maximum atomic E-state index is 13.1. The molecule has 1 aliphatic heterocycles. The van der Waals surface area contributed by atoms with Crippen LogP contribution in [0.15, 0.2) is 23.1 Å². The number of alkyl halides is 4. The highest BCUT2D eigenvalue weighted by Gasteiger charge is 2.37. The van der Waals surface area contributed by atoms with Gasteiger partial charge in [-0.05, 0) is 24.6 Å². The van der Waals surface area contributed by atoms with Gasteiger partial charge in [0.1, 0.15) is 12.0 Å². The van der Waals surface area contributed by atoms with Crippen LogP contribution in [0, 0.1) is 5.82 Å². The molecule has 0 aliphatic carbocycles. The van der Waals surface area contributed by atoms with Gasteiger partial charge in [-0.2, -0.15) is 17.5 Å². The van der Waals surface area contributed by atoms with Gasteiger partial charge in [0, 0.05) is 13.1 Å². The minimum absolute atomic E-state index is 0.00739. The van der Waals surface area contributed by atoms with E-state index in [9.17, 15) is 30.4 Å². The van der Waals surface area contributed by atoms with Crippen LogP contribution in [0.4, 0.5) is 22.0 Å². The van der Waals surface area contributed by atoms with E-state index in [1.54, 1.807) is 0 Å². The number of halogens is 5. The molecule has 2 rings (SSSR count). The lowest BCUT2D eigenvalue weighted by Crippen LogP contribution is -2.29. The monoisotopic (exact) mass is 315 g/mol. The van der Waals surface area contributed by atoms with Crippen LogP contribution < -0.4 is 0 Å². The minimum atomic E-state index is -5.00. The zero-order valence-electron chi connectivity index (χ0n) is 9.99. The van der Waals surface area contributed by atoms with E-state index in [0.29, 0.717) is 6.07 Å². The first-order chi connectivity index (χ1) is 9.12. The highest BCUT2D eigenvalue weighted by molar-refractivity contribution is 7.89. The quantitative estimate of drug-likeness (QED) is 0.787. The number of rotatable bonds is 2. The van der Waals surface area contributed by atoms with Crippen molar-refractivity contribution < 1.29 is 30.4 Å². The summed E-state index contributed by atoms with van der Waals surface area (Å²) < 4.78 is 88.6. The fourth-order valence-electron chi connectivity index (χ4n) is 1.94. The molecule has 1 heterocycles. The molecule has 0 bridgehead atoms. The molecule has 1 fully saturated rings. The first kappa shape index (κ1) is 15.2. The number of hydrogen-bond acceptors (Lipinski definition) is 2. The molecule has 1 atom stereocenters. The number of benzene rings is 1. The van der Waals surface area contributed by atoms with Crippen LogP contribution in [0.25, 0.3) is 0 Å². The average Bonchev–Trinajstić information content (AvgIpc) is 2.75. The van der Waals surface area contributed by atoms with Crippen molar-refractivity contribution in [2.24, 2.45) is 0 Å². The predicted molar refractivity (Wildman–Crippen MR) is 59.7 cm³/mol. The largest absolute Gasteiger partial charge is 0.419 e. The maximum absolute atomic E-state index is 13.1. The molecule has 20 heavy (non-hydrogen) atoms. The van der Waals surface area contributed by atoms with Crippen LogP contribution in [0.3, 0.4) is 0 Å². The Morgan fingerprint density at radius 2 is 1.90 bits per heavy atom. The van der Waals surface area contributed by atoms with E-state index >= 15 is 0 Å². The molecular formula is C11H10F5NO2S. The Morgan fingerprint density at radius 1 is 1.25 bits per heavy atom. The van der Waals surface area contributed by atoms with E-state index in [1.165, 1.54) is 0 Å². The second-order valence-corrected chi connectivity index (χ2v) is 6.33. The third kappa shape index (κ3) is 2.78. The van der Waals surface area contributed by atoms with Crippen molar-refractivity contribution in [1.82, 2.24) is 4.31 Å². The second kappa shape index (κ2) is 4.96. The summed E-state index contributed by atoms with van der Waals surface area (Å²) in [6.07, 6.45) is -6.34. The van der Waals surface area contributed by atoms with Gasteiger partial charge in [-0.1, -0.05) is 0 Å².